The summed E-state index contributed by atoms with van der Waals surface area (Å²) in [6.45, 7) is 4.46. The zero-order valence-electron chi connectivity index (χ0n) is 19.2. The number of rotatable bonds is 5. The zero-order valence-corrected chi connectivity index (χ0v) is 22.2. The summed E-state index contributed by atoms with van der Waals surface area (Å²) in [5, 5.41) is 2.33. The van der Waals surface area contributed by atoms with Crippen molar-refractivity contribution in [2.75, 3.05) is 25.0 Å². The molecule has 162 valence electrons. The number of likely N-dealkylation sites (tertiary alicyclic amines) is 1. The summed E-state index contributed by atoms with van der Waals surface area (Å²) in [6, 6.07) is 7.17. The fourth-order valence-electron chi connectivity index (χ4n) is 4.47. The summed E-state index contributed by atoms with van der Waals surface area (Å²) in [4.78, 5) is 19.0. The van der Waals surface area contributed by atoms with Gasteiger partial charge in [-0.05, 0) is 80.6 Å². The van der Waals surface area contributed by atoms with E-state index in [4.69, 9.17) is 0 Å². The molecule has 0 unspecified atom stereocenters. The molecule has 2 N–H and O–H groups in total. The van der Waals surface area contributed by atoms with Crippen molar-refractivity contribution in [2.24, 2.45) is 0 Å². The van der Waals surface area contributed by atoms with Crippen LogP contribution in [0, 0.1) is 0 Å². The monoisotopic (exact) mass is 468 g/mol. The van der Waals surface area contributed by atoms with E-state index in [1.807, 2.05) is 18.2 Å². The van der Waals surface area contributed by atoms with E-state index in [0.717, 1.165) is 55.6 Å². The van der Waals surface area contributed by atoms with Crippen LogP contribution in [-0.4, -0.2) is 49.2 Å². The average molecular weight is 469 g/mol. The average Bonchev–Trinajstić information content (AvgIpc) is 3.23. The van der Waals surface area contributed by atoms with Crippen LogP contribution < -0.4 is 61.4 Å². The standard InChI is InChI=1S/C22H28N4O3S.K.H/c1-2-26-14-10-18(11-15-26)30(28,29)25-22(27)24-21-19-5-3-4-16(19)6-7-20(21)17-8-12-23-13-9-17;;/h6-9,12-13,18H,2-5,10-11,14-15H2,1H3,(H2,24,25,27);;/q;+1;-1. The van der Waals surface area contributed by atoms with Crippen molar-refractivity contribution >= 4 is 21.7 Å². The van der Waals surface area contributed by atoms with Crippen LogP contribution in [0.15, 0.2) is 36.7 Å². The van der Waals surface area contributed by atoms with Gasteiger partial charge in [0.25, 0.3) is 0 Å². The van der Waals surface area contributed by atoms with Gasteiger partial charge in [-0.15, -0.1) is 0 Å². The number of urea groups is 1. The number of anilines is 1. The number of pyridine rings is 1. The van der Waals surface area contributed by atoms with Crippen LogP contribution in [-0.2, 0) is 22.9 Å². The van der Waals surface area contributed by atoms with E-state index in [1.165, 1.54) is 5.56 Å². The first kappa shape index (κ1) is 24.8. The minimum atomic E-state index is -3.72. The molecule has 0 bridgehead atoms. The molecule has 0 radical (unpaired) electrons. The molecule has 0 atom stereocenters. The van der Waals surface area contributed by atoms with Crippen molar-refractivity contribution in [2.45, 2.75) is 44.3 Å². The Balaban J connectivity index is 0.00000181. The topological polar surface area (TPSA) is 91.4 Å². The third kappa shape index (κ3) is 5.76. The molecule has 4 rings (SSSR count). The number of sulfonamides is 1. The second-order valence-electron chi connectivity index (χ2n) is 7.95. The molecule has 1 aromatic heterocycles. The molecule has 1 aromatic carbocycles. The zero-order chi connectivity index (χ0) is 21.1. The SMILES string of the molecule is CCN1CCC(S(=O)(=O)NC(=O)Nc2c(-c3ccncc3)ccc3c2CCC3)CC1.[H-].[K+]. The molecule has 1 aliphatic heterocycles. The van der Waals surface area contributed by atoms with E-state index in [0.29, 0.717) is 18.5 Å². The first-order valence-corrected chi connectivity index (χ1v) is 12.1. The molecular formula is C22H29KN4O3S. The van der Waals surface area contributed by atoms with E-state index in [-0.39, 0.29) is 52.8 Å². The van der Waals surface area contributed by atoms with Gasteiger partial charge in [0.05, 0.1) is 10.9 Å². The Hall–Kier alpha value is -0.814. The predicted octanol–water partition coefficient (Wildman–Crippen LogP) is 0.289. The van der Waals surface area contributed by atoms with E-state index >= 15 is 0 Å². The first-order valence-electron chi connectivity index (χ1n) is 10.6. The summed E-state index contributed by atoms with van der Waals surface area (Å²) in [6.07, 6.45) is 7.36. The van der Waals surface area contributed by atoms with E-state index in [1.54, 1.807) is 12.4 Å². The third-order valence-corrected chi connectivity index (χ3v) is 7.99. The maximum Gasteiger partial charge on any atom is 1.00 e. The van der Waals surface area contributed by atoms with Gasteiger partial charge in [0.2, 0.25) is 10.0 Å². The Morgan fingerprint density at radius 3 is 2.55 bits per heavy atom. The molecule has 7 nitrogen and oxygen atoms in total. The largest absolute Gasteiger partial charge is 1.00 e. The maximum atomic E-state index is 12.8. The van der Waals surface area contributed by atoms with Crippen LogP contribution in [0.5, 0.6) is 0 Å². The number of benzene rings is 1. The smallest absolute Gasteiger partial charge is 1.00 e. The second kappa shape index (κ2) is 10.9. The normalized spacial score (nSPS) is 16.9. The Morgan fingerprint density at radius 1 is 1.16 bits per heavy atom. The number of carbonyl (C=O) groups is 1. The minimum Gasteiger partial charge on any atom is -1.00 e. The third-order valence-electron chi connectivity index (χ3n) is 6.17. The van der Waals surface area contributed by atoms with Crippen LogP contribution in [0.4, 0.5) is 10.5 Å². The fourth-order valence-corrected chi connectivity index (χ4v) is 5.78. The van der Waals surface area contributed by atoms with Crippen molar-refractivity contribution in [3.05, 3.63) is 47.8 Å². The van der Waals surface area contributed by atoms with Crippen LogP contribution in [0.3, 0.4) is 0 Å². The fraction of sp³-hybridized carbons (Fsp3) is 0.455. The molecule has 2 heterocycles. The first-order chi connectivity index (χ1) is 14.5. The van der Waals surface area contributed by atoms with Gasteiger partial charge >= 0.3 is 57.4 Å². The molecule has 2 amide bonds. The summed E-state index contributed by atoms with van der Waals surface area (Å²) in [7, 11) is -3.72. The van der Waals surface area contributed by atoms with Gasteiger partial charge in [-0.25, -0.2) is 17.9 Å². The van der Waals surface area contributed by atoms with Crippen LogP contribution >= 0.6 is 0 Å². The predicted molar refractivity (Wildman–Crippen MR) is 119 cm³/mol. The van der Waals surface area contributed by atoms with Gasteiger partial charge in [-0.1, -0.05) is 19.1 Å². The molecule has 1 aliphatic carbocycles. The molecule has 9 heteroatoms. The molecule has 1 fully saturated rings. The Morgan fingerprint density at radius 2 is 1.87 bits per heavy atom. The molecule has 1 saturated heterocycles. The van der Waals surface area contributed by atoms with E-state index < -0.39 is 21.3 Å². The number of piperidine rings is 1. The van der Waals surface area contributed by atoms with Crippen LogP contribution in [0.25, 0.3) is 11.1 Å². The van der Waals surface area contributed by atoms with Gasteiger partial charge in [0.1, 0.15) is 0 Å². The summed E-state index contributed by atoms with van der Waals surface area (Å²) in [5.41, 5.74) is 4.81. The number of amides is 2. The molecule has 0 spiro atoms. The number of fused-ring (bicyclic) bond motifs is 1. The second-order valence-corrected chi connectivity index (χ2v) is 9.91. The molecular weight excluding hydrogens is 439 g/mol. The quantitative estimate of drug-likeness (QED) is 0.616. The number of aromatic nitrogens is 1. The van der Waals surface area contributed by atoms with E-state index in [9.17, 15) is 13.2 Å². The molecule has 2 aromatic rings. The van der Waals surface area contributed by atoms with Gasteiger partial charge in [-0.2, -0.15) is 0 Å². The Bertz CT molecular complexity index is 1030. The Kier molecular flexibility index (Phi) is 8.70. The summed E-state index contributed by atoms with van der Waals surface area (Å²) < 4.78 is 27.8. The van der Waals surface area contributed by atoms with Gasteiger partial charge in [-0.3, -0.25) is 4.98 Å². The Labute approximate surface area is 228 Å². The van der Waals surface area contributed by atoms with Crippen molar-refractivity contribution in [3.63, 3.8) is 0 Å². The summed E-state index contributed by atoms with van der Waals surface area (Å²) >= 11 is 0. The maximum absolute atomic E-state index is 12.8. The van der Waals surface area contributed by atoms with Gasteiger partial charge in [0.15, 0.2) is 0 Å². The minimum absolute atomic E-state index is 0. The number of hydrogen-bond donors (Lipinski definition) is 2. The number of aryl methyl sites for hydroxylation is 1. The van der Waals surface area contributed by atoms with Crippen molar-refractivity contribution < 1.29 is 66.0 Å². The number of carbonyl (C=O) groups excluding carboxylic acids is 1. The van der Waals surface area contributed by atoms with Crippen molar-refractivity contribution in [1.82, 2.24) is 14.6 Å². The number of nitrogens with one attached hydrogen (secondary N) is 2. The molecule has 2 aliphatic rings. The summed E-state index contributed by atoms with van der Waals surface area (Å²) in [5.74, 6) is 0. The van der Waals surface area contributed by atoms with Crippen molar-refractivity contribution in [3.8, 4) is 11.1 Å². The molecule has 31 heavy (non-hydrogen) atoms. The van der Waals surface area contributed by atoms with E-state index in [2.05, 4.69) is 32.9 Å². The van der Waals surface area contributed by atoms with Crippen molar-refractivity contribution in [1.29, 1.82) is 0 Å². The number of hydrogen-bond acceptors (Lipinski definition) is 5. The van der Waals surface area contributed by atoms with Crippen LogP contribution in [0.1, 0.15) is 38.7 Å². The van der Waals surface area contributed by atoms with Crippen LogP contribution in [0.2, 0.25) is 0 Å². The van der Waals surface area contributed by atoms with Gasteiger partial charge in [0, 0.05) is 18.0 Å². The van der Waals surface area contributed by atoms with Gasteiger partial charge < -0.3 is 11.6 Å². The molecule has 0 saturated carbocycles. The number of nitrogens with zero attached hydrogens (tertiary/aromatic N) is 2.